The summed E-state index contributed by atoms with van der Waals surface area (Å²) in [5.41, 5.74) is 1.18. The molecular weight excluding hydrogens is 334 g/mol. The Morgan fingerprint density at radius 2 is 1.31 bits per heavy atom. The van der Waals surface area contributed by atoms with Crippen molar-refractivity contribution in [2.45, 2.75) is 5.88 Å². The van der Waals surface area contributed by atoms with Crippen LogP contribution in [0.4, 0.5) is 0 Å². The number of hydrogen-bond donors (Lipinski definition) is 0. The van der Waals surface area contributed by atoms with Crippen molar-refractivity contribution in [3.05, 3.63) is 35.9 Å². The van der Waals surface area contributed by atoms with E-state index in [9.17, 15) is 0 Å². The summed E-state index contributed by atoms with van der Waals surface area (Å²) < 4.78 is 0. The first-order chi connectivity index (χ1) is 5.93. The first kappa shape index (κ1) is 14.2. The molecule has 0 fully saturated rings. The minimum atomic E-state index is -3.11. The predicted molar refractivity (Wildman–Crippen MR) is 65.2 cm³/mol. The molecule has 0 N–H and O–H groups in total. The molecule has 0 amide bonds. The topological polar surface area (TPSA) is 0 Å². The average molecular weight is 341 g/mol. The molecule has 0 aromatic heterocycles. The molecule has 74 valence electrons. The van der Waals surface area contributed by atoms with Crippen LogP contribution in [-0.2, 0) is 5.88 Å². The third-order valence-corrected chi connectivity index (χ3v) is 1.31. The van der Waals surface area contributed by atoms with Crippen molar-refractivity contribution in [3.8, 4) is 0 Å². The molecule has 6 heteroatoms. The van der Waals surface area contributed by atoms with Gasteiger partial charge in [-0.2, -0.15) is 0 Å². The summed E-state index contributed by atoms with van der Waals surface area (Å²) in [5.74, 6) is 0.612. The molecule has 1 aromatic rings. The van der Waals surface area contributed by atoms with E-state index in [1.807, 2.05) is 30.3 Å². The van der Waals surface area contributed by atoms with Crippen molar-refractivity contribution in [2.24, 2.45) is 0 Å². The van der Waals surface area contributed by atoms with Gasteiger partial charge in [0, 0.05) is 5.88 Å². The molecule has 0 atom stereocenters. The first-order valence-corrected chi connectivity index (χ1v) is 14.8. The third kappa shape index (κ3) is 13.2. The number of rotatable bonds is 1. The molecule has 0 spiro atoms. The summed E-state index contributed by atoms with van der Waals surface area (Å²) in [6, 6.07) is 9.96. The predicted octanol–water partition coefficient (Wildman–Crippen LogP) is 4.80. The number of alkyl halides is 1. The molecule has 0 aliphatic heterocycles. The molecule has 1 aromatic carbocycles. The van der Waals surface area contributed by atoms with Gasteiger partial charge in [-0.15, -0.1) is 11.6 Å². The Balaban J connectivity index is 0.000000252. The minimum absolute atomic E-state index is 0.612. The molecule has 0 unspecified atom stereocenters. The first-order valence-electron chi connectivity index (χ1n) is 3.29. The van der Waals surface area contributed by atoms with Crippen LogP contribution >= 0.6 is 51.6 Å². The van der Waals surface area contributed by atoms with Gasteiger partial charge in [0.25, 0.3) is 0 Å². The van der Waals surface area contributed by atoms with Crippen molar-refractivity contribution in [1.29, 1.82) is 0 Å². The van der Waals surface area contributed by atoms with E-state index in [1.165, 1.54) is 5.56 Å². The van der Waals surface area contributed by atoms with Crippen LogP contribution in [0.5, 0.6) is 0 Å². The van der Waals surface area contributed by atoms with Crippen LogP contribution in [0.3, 0.4) is 0 Å². The molecule has 0 aliphatic carbocycles. The molecule has 0 radical (unpaired) electrons. The van der Waals surface area contributed by atoms with Gasteiger partial charge in [0.1, 0.15) is 0 Å². The second-order valence-corrected chi connectivity index (χ2v) is 21.9. The number of halogens is 5. The second-order valence-electron chi connectivity index (χ2n) is 2.05. The molecule has 1 rings (SSSR count). The normalized spacial score (nSPS) is 10.2. The number of hydrogen-bond acceptors (Lipinski definition) is 0. The Morgan fingerprint density at radius 3 is 1.54 bits per heavy atom. The maximum atomic E-state index is 5.53. The van der Waals surface area contributed by atoms with Crippen LogP contribution in [0.2, 0.25) is 0 Å². The van der Waals surface area contributed by atoms with Gasteiger partial charge >= 0.3 is 49.6 Å². The van der Waals surface area contributed by atoms with E-state index in [1.54, 1.807) is 0 Å². The van der Waals surface area contributed by atoms with Gasteiger partial charge in [-0.3, -0.25) is 0 Å². The summed E-state index contributed by atoms with van der Waals surface area (Å²) in [6.45, 7) is 0. The molecular formula is C7H7Cl5Ge. The SMILES string of the molecule is ClCc1ccccc1.[Cl][Ge]([Cl])([Cl])[Cl]. The average Bonchev–Trinajstić information content (AvgIpc) is 2.03. The summed E-state index contributed by atoms with van der Waals surface area (Å²) >= 11 is 5.53. The Labute approximate surface area is 102 Å². The van der Waals surface area contributed by atoms with Crippen molar-refractivity contribution in [3.63, 3.8) is 0 Å². The van der Waals surface area contributed by atoms with Crippen LogP contribution in [0.25, 0.3) is 0 Å². The molecule has 0 aliphatic rings. The zero-order chi connectivity index (χ0) is 10.3. The summed E-state index contributed by atoms with van der Waals surface area (Å²) in [5, 5.41) is 0. The van der Waals surface area contributed by atoms with Crippen LogP contribution in [0, 0.1) is 0 Å². The maximum absolute atomic E-state index is 5.53. The fraction of sp³-hybridized carbons (Fsp3) is 0.143. The zero-order valence-electron chi connectivity index (χ0n) is 6.48. The monoisotopic (exact) mass is 340 g/mol. The van der Waals surface area contributed by atoms with Gasteiger partial charge in [0.05, 0.1) is 0 Å². The van der Waals surface area contributed by atoms with Gasteiger partial charge in [0.2, 0.25) is 0 Å². The van der Waals surface area contributed by atoms with Crippen LogP contribution < -0.4 is 0 Å². The molecule has 0 heterocycles. The Morgan fingerprint density at radius 1 is 0.923 bits per heavy atom. The van der Waals surface area contributed by atoms with Crippen molar-refractivity contribution in [1.82, 2.24) is 0 Å². The molecule has 0 nitrogen and oxygen atoms in total. The molecule has 0 saturated heterocycles. The Kier molecular flexibility index (Phi) is 8.20. The summed E-state index contributed by atoms with van der Waals surface area (Å²) in [6.07, 6.45) is 0. The van der Waals surface area contributed by atoms with Crippen LogP contribution in [0.1, 0.15) is 5.56 Å². The molecule has 0 saturated carbocycles. The Bertz CT molecular complexity index is 214. The fourth-order valence-electron chi connectivity index (χ4n) is 0.567. The van der Waals surface area contributed by atoms with Gasteiger partial charge < -0.3 is 0 Å². The van der Waals surface area contributed by atoms with E-state index in [4.69, 9.17) is 51.6 Å². The third-order valence-electron chi connectivity index (χ3n) is 0.997. The van der Waals surface area contributed by atoms with Crippen molar-refractivity contribution >= 4 is 61.2 Å². The number of benzene rings is 1. The van der Waals surface area contributed by atoms with Crippen LogP contribution in [0.15, 0.2) is 30.3 Å². The van der Waals surface area contributed by atoms with Gasteiger partial charge in [-0.1, -0.05) is 30.3 Å². The van der Waals surface area contributed by atoms with E-state index in [-0.39, 0.29) is 0 Å². The summed E-state index contributed by atoms with van der Waals surface area (Å²) in [7, 11) is 16.9. The fourth-order valence-corrected chi connectivity index (χ4v) is 0.745. The zero-order valence-corrected chi connectivity index (χ0v) is 12.4. The van der Waals surface area contributed by atoms with E-state index in [0.717, 1.165) is 0 Å². The van der Waals surface area contributed by atoms with Crippen molar-refractivity contribution in [2.75, 3.05) is 0 Å². The van der Waals surface area contributed by atoms with E-state index < -0.39 is 9.55 Å². The molecule has 13 heavy (non-hydrogen) atoms. The second kappa shape index (κ2) is 7.50. The molecule has 0 bridgehead atoms. The van der Waals surface area contributed by atoms with E-state index in [0.29, 0.717) is 5.88 Å². The quantitative estimate of drug-likeness (QED) is 0.508. The van der Waals surface area contributed by atoms with E-state index >= 15 is 0 Å². The van der Waals surface area contributed by atoms with Gasteiger partial charge in [0.15, 0.2) is 0 Å². The summed E-state index contributed by atoms with van der Waals surface area (Å²) in [4.78, 5) is 0. The van der Waals surface area contributed by atoms with Gasteiger partial charge in [-0.25, -0.2) is 0 Å². The van der Waals surface area contributed by atoms with E-state index in [2.05, 4.69) is 0 Å². The van der Waals surface area contributed by atoms with Crippen LogP contribution in [-0.4, -0.2) is 9.55 Å². The van der Waals surface area contributed by atoms with Crippen molar-refractivity contribution < 1.29 is 0 Å². The van der Waals surface area contributed by atoms with Gasteiger partial charge in [-0.05, 0) is 5.56 Å². The Hall–Kier alpha value is 1.21. The standard InChI is InChI=1S/C7H7Cl.Cl4Ge/c8-6-7-4-2-1-3-5-7;1-5(2,3)4/h1-5H,6H2;.